The van der Waals surface area contributed by atoms with Crippen LogP contribution in [0.4, 0.5) is 4.79 Å². The van der Waals surface area contributed by atoms with Crippen LogP contribution in [0.3, 0.4) is 0 Å². The highest BCUT2D eigenvalue weighted by molar-refractivity contribution is 9.10. The summed E-state index contributed by atoms with van der Waals surface area (Å²) < 4.78 is 1.09. The standard InChI is InChI=1S/C14H21BrN2O/c1-3-12(4-2)17-14(18)16-10-9-11-7-5-6-8-13(11)15/h5-8,12H,3-4,9-10H2,1-2H3,(H2,16,17,18). The smallest absolute Gasteiger partial charge is 0.315 e. The predicted octanol–water partition coefficient (Wildman–Crippen LogP) is 3.48. The maximum atomic E-state index is 11.6. The first-order chi connectivity index (χ1) is 8.67. The normalized spacial score (nSPS) is 10.4. The maximum absolute atomic E-state index is 11.6. The van der Waals surface area contributed by atoms with Gasteiger partial charge in [-0.2, -0.15) is 0 Å². The molecule has 0 bridgehead atoms. The van der Waals surface area contributed by atoms with Crippen molar-refractivity contribution in [2.45, 2.75) is 39.2 Å². The molecule has 0 heterocycles. The van der Waals surface area contributed by atoms with Crippen LogP contribution in [0.25, 0.3) is 0 Å². The third-order valence-corrected chi connectivity index (χ3v) is 3.73. The quantitative estimate of drug-likeness (QED) is 0.829. The summed E-state index contributed by atoms with van der Waals surface area (Å²) in [5.74, 6) is 0. The van der Waals surface area contributed by atoms with E-state index in [0.29, 0.717) is 6.54 Å². The van der Waals surface area contributed by atoms with E-state index in [1.165, 1.54) is 5.56 Å². The number of urea groups is 1. The van der Waals surface area contributed by atoms with E-state index < -0.39 is 0 Å². The molecule has 100 valence electrons. The highest BCUT2D eigenvalue weighted by Gasteiger charge is 2.07. The van der Waals surface area contributed by atoms with E-state index >= 15 is 0 Å². The summed E-state index contributed by atoms with van der Waals surface area (Å²) in [4.78, 5) is 11.6. The molecular weight excluding hydrogens is 292 g/mol. The molecule has 0 radical (unpaired) electrons. The number of carbonyl (C=O) groups is 1. The zero-order valence-electron chi connectivity index (χ0n) is 11.0. The van der Waals surface area contributed by atoms with Gasteiger partial charge in [0, 0.05) is 17.1 Å². The average Bonchev–Trinajstić information content (AvgIpc) is 2.38. The number of rotatable bonds is 6. The molecule has 4 heteroatoms. The minimum absolute atomic E-state index is 0.0734. The molecule has 0 aliphatic heterocycles. The Bertz CT molecular complexity index is 378. The number of halogens is 1. The van der Waals surface area contributed by atoms with Crippen molar-refractivity contribution in [2.75, 3.05) is 6.54 Å². The molecule has 3 nitrogen and oxygen atoms in total. The summed E-state index contributed by atoms with van der Waals surface area (Å²) in [6.45, 7) is 4.81. The van der Waals surface area contributed by atoms with Crippen molar-refractivity contribution < 1.29 is 4.79 Å². The SMILES string of the molecule is CCC(CC)NC(=O)NCCc1ccccc1Br. The van der Waals surface area contributed by atoms with Crippen molar-refractivity contribution >= 4 is 22.0 Å². The molecule has 1 aromatic rings. The number of amides is 2. The van der Waals surface area contributed by atoms with Crippen LogP contribution < -0.4 is 10.6 Å². The van der Waals surface area contributed by atoms with E-state index in [2.05, 4.69) is 46.5 Å². The largest absolute Gasteiger partial charge is 0.338 e. The second kappa shape index (κ2) is 8.14. The van der Waals surface area contributed by atoms with Gasteiger partial charge in [0.2, 0.25) is 0 Å². The van der Waals surface area contributed by atoms with E-state index in [1.807, 2.05) is 18.2 Å². The molecule has 0 fully saturated rings. The second-order valence-electron chi connectivity index (χ2n) is 4.26. The van der Waals surface area contributed by atoms with E-state index in [1.54, 1.807) is 0 Å². The summed E-state index contributed by atoms with van der Waals surface area (Å²) in [6.07, 6.45) is 2.76. The number of benzene rings is 1. The van der Waals surface area contributed by atoms with Crippen molar-refractivity contribution in [3.8, 4) is 0 Å². The van der Waals surface area contributed by atoms with Crippen molar-refractivity contribution in [3.05, 3.63) is 34.3 Å². The summed E-state index contributed by atoms with van der Waals surface area (Å²) in [6, 6.07) is 8.26. The summed E-state index contributed by atoms with van der Waals surface area (Å²) in [5, 5.41) is 5.84. The third-order valence-electron chi connectivity index (χ3n) is 2.96. The predicted molar refractivity (Wildman–Crippen MR) is 78.8 cm³/mol. The Balaban J connectivity index is 2.29. The molecule has 0 aliphatic carbocycles. The van der Waals surface area contributed by atoms with Crippen molar-refractivity contribution in [3.63, 3.8) is 0 Å². The van der Waals surface area contributed by atoms with Gasteiger partial charge >= 0.3 is 6.03 Å². The van der Waals surface area contributed by atoms with Crippen LogP contribution in [0.5, 0.6) is 0 Å². The molecule has 18 heavy (non-hydrogen) atoms. The first kappa shape index (κ1) is 15.0. The molecule has 0 aromatic heterocycles. The minimum atomic E-state index is -0.0734. The van der Waals surface area contributed by atoms with Crippen LogP contribution in [0.1, 0.15) is 32.3 Å². The number of hydrogen-bond acceptors (Lipinski definition) is 1. The topological polar surface area (TPSA) is 41.1 Å². The Morgan fingerprint density at radius 1 is 1.28 bits per heavy atom. The molecule has 0 saturated heterocycles. The first-order valence-electron chi connectivity index (χ1n) is 6.45. The highest BCUT2D eigenvalue weighted by Crippen LogP contribution is 2.15. The van der Waals surface area contributed by atoms with Crippen LogP contribution in [0.2, 0.25) is 0 Å². The third kappa shape index (κ3) is 5.08. The fourth-order valence-electron chi connectivity index (χ4n) is 1.74. The van der Waals surface area contributed by atoms with E-state index in [4.69, 9.17) is 0 Å². The van der Waals surface area contributed by atoms with Gasteiger partial charge in [-0.15, -0.1) is 0 Å². The lowest BCUT2D eigenvalue weighted by atomic mass is 10.1. The molecule has 0 spiro atoms. The lowest BCUT2D eigenvalue weighted by molar-refractivity contribution is 0.236. The van der Waals surface area contributed by atoms with E-state index in [9.17, 15) is 4.79 Å². The Morgan fingerprint density at radius 3 is 2.56 bits per heavy atom. The van der Waals surface area contributed by atoms with Crippen LogP contribution in [0, 0.1) is 0 Å². The Morgan fingerprint density at radius 2 is 1.94 bits per heavy atom. The lowest BCUT2D eigenvalue weighted by Crippen LogP contribution is -2.42. The van der Waals surface area contributed by atoms with E-state index in [0.717, 1.165) is 23.7 Å². The number of carbonyl (C=O) groups excluding carboxylic acids is 1. The average molecular weight is 313 g/mol. The maximum Gasteiger partial charge on any atom is 0.315 e. The van der Waals surface area contributed by atoms with Crippen LogP contribution in [0.15, 0.2) is 28.7 Å². The second-order valence-corrected chi connectivity index (χ2v) is 5.11. The van der Waals surface area contributed by atoms with Crippen LogP contribution in [-0.4, -0.2) is 18.6 Å². The van der Waals surface area contributed by atoms with Crippen molar-refractivity contribution in [1.82, 2.24) is 10.6 Å². The van der Waals surface area contributed by atoms with E-state index in [-0.39, 0.29) is 12.1 Å². The lowest BCUT2D eigenvalue weighted by Gasteiger charge is -2.15. The number of nitrogens with one attached hydrogen (secondary N) is 2. The zero-order chi connectivity index (χ0) is 13.4. The molecule has 1 aromatic carbocycles. The molecule has 0 atom stereocenters. The fraction of sp³-hybridized carbons (Fsp3) is 0.500. The summed E-state index contributed by atoms with van der Waals surface area (Å²) in [7, 11) is 0. The van der Waals surface area contributed by atoms with Crippen molar-refractivity contribution in [2.24, 2.45) is 0 Å². The molecule has 0 aliphatic rings. The highest BCUT2D eigenvalue weighted by atomic mass is 79.9. The monoisotopic (exact) mass is 312 g/mol. The molecule has 2 amide bonds. The minimum Gasteiger partial charge on any atom is -0.338 e. The Kier molecular flexibility index (Phi) is 6.80. The van der Waals surface area contributed by atoms with Crippen LogP contribution in [-0.2, 0) is 6.42 Å². The summed E-state index contributed by atoms with van der Waals surface area (Å²) in [5.41, 5.74) is 1.21. The Hall–Kier alpha value is -1.03. The van der Waals surface area contributed by atoms with Gasteiger partial charge in [0.05, 0.1) is 0 Å². The number of hydrogen-bond donors (Lipinski definition) is 2. The van der Waals surface area contributed by atoms with Gasteiger partial charge in [0.15, 0.2) is 0 Å². The van der Waals surface area contributed by atoms with Crippen LogP contribution >= 0.6 is 15.9 Å². The summed E-state index contributed by atoms with van der Waals surface area (Å²) >= 11 is 3.50. The molecule has 2 N–H and O–H groups in total. The van der Waals surface area contributed by atoms with Crippen molar-refractivity contribution in [1.29, 1.82) is 0 Å². The fourth-order valence-corrected chi connectivity index (χ4v) is 2.22. The van der Waals surface area contributed by atoms with Gasteiger partial charge in [0.25, 0.3) is 0 Å². The van der Waals surface area contributed by atoms with Gasteiger partial charge in [-0.3, -0.25) is 0 Å². The first-order valence-corrected chi connectivity index (χ1v) is 7.24. The molecule has 1 rings (SSSR count). The van der Waals surface area contributed by atoms with Gasteiger partial charge in [-0.25, -0.2) is 4.79 Å². The van der Waals surface area contributed by atoms with Gasteiger partial charge in [-0.05, 0) is 30.9 Å². The molecule has 0 unspecified atom stereocenters. The zero-order valence-corrected chi connectivity index (χ0v) is 12.6. The van der Waals surface area contributed by atoms with Gasteiger partial charge < -0.3 is 10.6 Å². The molecule has 0 saturated carbocycles. The molecular formula is C14H21BrN2O. The van der Waals surface area contributed by atoms with Gasteiger partial charge in [0.1, 0.15) is 0 Å². The Labute approximate surface area is 117 Å². The van der Waals surface area contributed by atoms with Gasteiger partial charge in [-0.1, -0.05) is 48.0 Å².